The van der Waals surface area contributed by atoms with Crippen LogP contribution in [-0.2, 0) is 0 Å². The van der Waals surface area contributed by atoms with Gasteiger partial charge in [-0.15, -0.1) is 0 Å². The first-order valence-electron chi connectivity index (χ1n) is 7.02. The van der Waals surface area contributed by atoms with Crippen molar-refractivity contribution in [3.63, 3.8) is 0 Å². The number of thiocarbonyl (C=S) groups is 1. The third-order valence-electron chi connectivity index (χ3n) is 3.37. The summed E-state index contributed by atoms with van der Waals surface area (Å²) >= 11 is 5.51. The lowest BCUT2D eigenvalue weighted by Gasteiger charge is -2.18. The zero-order valence-electron chi connectivity index (χ0n) is 11.7. The molecule has 0 heterocycles. The average Bonchev–Trinajstić information content (AvgIpc) is 2.53. The first-order chi connectivity index (χ1) is 10.3. The first kappa shape index (κ1) is 14.0. The molecule has 3 rings (SSSR count). The molecule has 2 aromatic rings. The van der Waals surface area contributed by atoms with Gasteiger partial charge in [0.05, 0.1) is 14.4 Å². The van der Waals surface area contributed by atoms with Gasteiger partial charge in [-0.1, -0.05) is 78.1 Å². The van der Waals surface area contributed by atoms with Gasteiger partial charge in [0.2, 0.25) is 0 Å². The van der Waals surface area contributed by atoms with Gasteiger partial charge in [-0.05, 0) is 17.3 Å². The molecule has 0 atom stereocenters. The fourth-order valence-electron chi connectivity index (χ4n) is 2.34. The van der Waals surface area contributed by atoms with Gasteiger partial charge >= 0.3 is 0 Å². The zero-order valence-corrected chi connectivity index (χ0v) is 13.9. The Morgan fingerprint density at radius 1 is 0.905 bits per heavy atom. The third kappa shape index (κ3) is 3.57. The van der Waals surface area contributed by atoms with Gasteiger partial charge in [-0.2, -0.15) is 0 Å². The first-order valence-corrected chi connectivity index (χ1v) is 8.85. The highest BCUT2D eigenvalue weighted by atomic mass is 32.1. The van der Waals surface area contributed by atoms with E-state index in [1.807, 2.05) is 30.3 Å². The average molecular weight is 308 g/mol. The Morgan fingerprint density at radius 2 is 1.57 bits per heavy atom. The van der Waals surface area contributed by atoms with Gasteiger partial charge in [-0.3, -0.25) is 0 Å². The minimum absolute atomic E-state index is 0.572. The van der Waals surface area contributed by atoms with Crippen molar-refractivity contribution >= 4 is 31.8 Å². The molecule has 0 amide bonds. The van der Waals surface area contributed by atoms with Crippen molar-refractivity contribution in [2.45, 2.75) is 6.42 Å². The Kier molecular flexibility index (Phi) is 4.43. The molecule has 0 spiro atoms. The number of ether oxygens (including phenoxy) is 1. The summed E-state index contributed by atoms with van der Waals surface area (Å²) in [4.78, 5) is 0.903. The van der Waals surface area contributed by atoms with Crippen LogP contribution in [0.15, 0.2) is 83.8 Å². The van der Waals surface area contributed by atoms with E-state index in [0.717, 1.165) is 22.8 Å². The van der Waals surface area contributed by atoms with E-state index in [4.69, 9.17) is 17.0 Å². The van der Waals surface area contributed by atoms with E-state index < -0.39 is 9.52 Å². The molecule has 1 aliphatic rings. The summed E-state index contributed by atoms with van der Waals surface area (Å²) in [6.07, 6.45) is 5.13. The van der Waals surface area contributed by atoms with Crippen LogP contribution in [0, 0.1) is 0 Å². The molecule has 0 bridgehead atoms. The van der Waals surface area contributed by atoms with Gasteiger partial charge < -0.3 is 4.74 Å². The lowest BCUT2D eigenvalue weighted by atomic mass is 10.1. The van der Waals surface area contributed by atoms with Gasteiger partial charge in [0.15, 0.2) is 0 Å². The smallest absolute Gasteiger partial charge is 0.140 e. The highest BCUT2D eigenvalue weighted by Crippen LogP contribution is 2.21. The summed E-state index contributed by atoms with van der Waals surface area (Å²) in [6.45, 7) is 0. The molecular formula is C18H16OSSi. The SMILES string of the molecule is S=C1CC=CC([SiH2]c2ccccc2)=C1Oc1ccccc1. The second-order valence-electron chi connectivity index (χ2n) is 4.96. The van der Waals surface area contributed by atoms with Crippen LogP contribution < -0.4 is 9.92 Å². The zero-order chi connectivity index (χ0) is 14.5. The maximum absolute atomic E-state index is 6.07. The maximum Gasteiger partial charge on any atom is 0.140 e. The molecule has 0 N–H and O–H groups in total. The van der Waals surface area contributed by atoms with Crippen LogP contribution in [0.2, 0.25) is 0 Å². The summed E-state index contributed by atoms with van der Waals surface area (Å²) < 4.78 is 6.07. The molecular weight excluding hydrogens is 292 g/mol. The topological polar surface area (TPSA) is 9.23 Å². The van der Waals surface area contributed by atoms with E-state index in [-0.39, 0.29) is 0 Å². The number of hydrogen-bond acceptors (Lipinski definition) is 2. The highest BCUT2D eigenvalue weighted by Gasteiger charge is 2.16. The largest absolute Gasteiger partial charge is 0.456 e. The molecule has 0 radical (unpaired) electrons. The van der Waals surface area contributed by atoms with Crippen molar-refractivity contribution in [3.05, 3.63) is 83.8 Å². The second kappa shape index (κ2) is 6.65. The molecule has 2 aromatic carbocycles. The molecule has 104 valence electrons. The Balaban J connectivity index is 1.90. The molecule has 1 nitrogen and oxygen atoms in total. The summed E-state index contributed by atoms with van der Waals surface area (Å²) in [5.41, 5.74) is 0. The highest BCUT2D eigenvalue weighted by molar-refractivity contribution is 7.80. The Bertz CT molecular complexity index is 690. The van der Waals surface area contributed by atoms with Crippen LogP contribution in [0.3, 0.4) is 0 Å². The van der Waals surface area contributed by atoms with Gasteiger partial charge in [0.1, 0.15) is 11.5 Å². The van der Waals surface area contributed by atoms with Gasteiger partial charge in [-0.25, -0.2) is 0 Å². The number of para-hydroxylation sites is 1. The fourth-order valence-corrected chi connectivity index (χ4v) is 4.41. The van der Waals surface area contributed by atoms with Crippen molar-refractivity contribution in [2.75, 3.05) is 0 Å². The predicted octanol–water partition coefficient (Wildman–Crippen LogP) is 3.10. The normalized spacial score (nSPS) is 15.0. The minimum atomic E-state index is -0.572. The Hall–Kier alpha value is -1.97. The van der Waals surface area contributed by atoms with Crippen LogP contribution in [-0.4, -0.2) is 14.4 Å². The van der Waals surface area contributed by atoms with Crippen molar-refractivity contribution in [1.29, 1.82) is 0 Å². The second-order valence-corrected chi connectivity index (χ2v) is 7.39. The molecule has 0 aromatic heterocycles. The third-order valence-corrected chi connectivity index (χ3v) is 5.54. The van der Waals surface area contributed by atoms with E-state index in [9.17, 15) is 0 Å². The molecule has 0 unspecified atom stereocenters. The van der Waals surface area contributed by atoms with E-state index in [1.165, 1.54) is 10.4 Å². The van der Waals surface area contributed by atoms with Crippen LogP contribution >= 0.6 is 12.2 Å². The molecule has 1 aliphatic carbocycles. The van der Waals surface area contributed by atoms with E-state index >= 15 is 0 Å². The van der Waals surface area contributed by atoms with Crippen molar-refractivity contribution < 1.29 is 4.74 Å². The van der Waals surface area contributed by atoms with E-state index in [1.54, 1.807) is 0 Å². The lowest BCUT2D eigenvalue weighted by Crippen LogP contribution is -2.22. The lowest BCUT2D eigenvalue weighted by molar-refractivity contribution is 0.452. The van der Waals surface area contributed by atoms with E-state index in [2.05, 4.69) is 42.5 Å². The van der Waals surface area contributed by atoms with Crippen molar-refractivity contribution in [1.82, 2.24) is 0 Å². The maximum atomic E-state index is 6.07. The van der Waals surface area contributed by atoms with Crippen molar-refractivity contribution in [2.24, 2.45) is 0 Å². The van der Waals surface area contributed by atoms with Crippen LogP contribution in [0.5, 0.6) is 5.75 Å². The number of allylic oxidation sites excluding steroid dienone is 4. The molecule has 0 fully saturated rings. The summed E-state index contributed by atoms with van der Waals surface area (Å²) in [6, 6.07) is 20.5. The van der Waals surface area contributed by atoms with Crippen molar-refractivity contribution in [3.8, 4) is 5.75 Å². The summed E-state index contributed by atoms with van der Waals surface area (Å²) in [7, 11) is -0.572. The molecule has 0 saturated heterocycles. The fraction of sp³-hybridized carbons (Fsp3) is 0.0556. The molecule has 3 heteroatoms. The minimum Gasteiger partial charge on any atom is -0.456 e. The predicted molar refractivity (Wildman–Crippen MR) is 95.1 cm³/mol. The van der Waals surface area contributed by atoms with Crippen LogP contribution in [0.4, 0.5) is 0 Å². The number of hydrogen-bond donors (Lipinski definition) is 0. The van der Waals surface area contributed by atoms with E-state index in [0.29, 0.717) is 0 Å². The van der Waals surface area contributed by atoms with Crippen LogP contribution in [0.25, 0.3) is 0 Å². The quantitative estimate of drug-likeness (QED) is 0.634. The standard InChI is InChI=1S/C18H16OSSi/c20-16-12-7-13-17(21-15-10-5-2-6-11-15)18(16)19-14-8-3-1-4-9-14/h1-11,13H,12,21H2. The molecule has 0 aliphatic heterocycles. The Labute approximate surface area is 132 Å². The molecule has 0 saturated carbocycles. The van der Waals surface area contributed by atoms with Gasteiger partial charge in [0.25, 0.3) is 0 Å². The van der Waals surface area contributed by atoms with Gasteiger partial charge in [0, 0.05) is 6.42 Å². The summed E-state index contributed by atoms with van der Waals surface area (Å²) in [5, 5.41) is 2.68. The summed E-state index contributed by atoms with van der Waals surface area (Å²) in [5.74, 6) is 1.75. The molecule has 21 heavy (non-hydrogen) atoms. The monoisotopic (exact) mass is 308 g/mol. The number of rotatable bonds is 4. The Morgan fingerprint density at radius 3 is 2.29 bits per heavy atom. The van der Waals surface area contributed by atoms with Crippen LogP contribution in [0.1, 0.15) is 6.42 Å². The number of benzene rings is 2.